The summed E-state index contributed by atoms with van der Waals surface area (Å²) in [5.74, 6) is 0.363. The summed E-state index contributed by atoms with van der Waals surface area (Å²) in [6.07, 6.45) is 1.75. The molecule has 20 heavy (non-hydrogen) atoms. The Morgan fingerprint density at radius 3 is 2.75 bits per heavy atom. The molecule has 104 valence electrons. The molecule has 2 rings (SSSR count). The van der Waals surface area contributed by atoms with Crippen molar-refractivity contribution in [3.05, 3.63) is 58.9 Å². The SMILES string of the molecule is COc1ccccc1CC(=O)OCc1ccc(Cl)nc1. The molecule has 0 radical (unpaired) electrons. The van der Waals surface area contributed by atoms with Crippen molar-refractivity contribution in [1.29, 1.82) is 0 Å². The summed E-state index contributed by atoms with van der Waals surface area (Å²) >= 11 is 5.68. The minimum atomic E-state index is -0.315. The number of carbonyl (C=O) groups is 1. The van der Waals surface area contributed by atoms with Gasteiger partial charge >= 0.3 is 5.97 Å². The fraction of sp³-hybridized carbons (Fsp3) is 0.200. The largest absolute Gasteiger partial charge is 0.496 e. The monoisotopic (exact) mass is 291 g/mol. The van der Waals surface area contributed by atoms with Crippen LogP contribution >= 0.6 is 11.6 Å². The predicted molar refractivity (Wildman–Crippen MR) is 75.7 cm³/mol. The first-order chi connectivity index (χ1) is 9.69. The third-order valence-corrected chi connectivity index (χ3v) is 2.94. The molecule has 0 fully saturated rings. The number of aromatic nitrogens is 1. The van der Waals surface area contributed by atoms with Crippen LogP contribution in [0.3, 0.4) is 0 Å². The van der Waals surface area contributed by atoms with Gasteiger partial charge in [-0.05, 0) is 12.1 Å². The first-order valence-corrected chi connectivity index (χ1v) is 6.45. The van der Waals surface area contributed by atoms with Crippen molar-refractivity contribution in [3.8, 4) is 5.75 Å². The van der Waals surface area contributed by atoms with Crippen molar-refractivity contribution >= 4 is 17.6 Å². The van der Waals surface area contributed by atoms with E-state index in [1.54, 1.807) is 25.4 Å². The fourth-order valence-corrected chi connectivity index (χ4v) is 1.82. The quantitative estimate of drug-likeness (QED) is 0.627. The van der Waals surface area contributed by atoms with Crippen molar-refractivity contribution in [2.75, 3.05) is 7.11 Å². The zero-order valence-electron chi connectivity index (χ0n) is 11.0. The Morgan fingerprint density at radius 1 is 1.25 bits per heavy atom. The molecule has 0 unspecified atom stereocenters. The van der Waals surface area contributed by atoms with Gasteiger partial charge in [-0.2, -0.15) is 0 Å². The van der Waals surface area contributed by atoms with Crippen LogP contribution in [0.5, 0.6) is 5.75 Å². The van der Waals surface area contributed by atoms with E-state index in [-0.39, 0.29) is 19.0 Å². The molecule has 0 saturated heterocycles. The number of hydrogen-bond acceptors (Lipinski definition) is 4. The van der Waals surface area contributed by atoms with E-state index in [0.717, 1.165) is 11.1 Å². The molecule has 0 aliphatic carbocycles. The first-order valence-electron chi connectivity index (χ1n) is 6.07. The highest BCUT2D eigenvalue weighted by Gasteiger charge is 2.09. The standard InChI is InChI=1S/C15H14ClNO3/c1-19-13-5-3-2-4-12(13)8-15(18)20-10-11-6-7-14(16)17-9-11/h2-7,9H,8,10H2,1H3. The minimum absolute atomic E-state index is 0.172. The summed E-state index contributed by atoms with van der Waals surface area (Å²) in [5, 5.41) is 0.411. The smallest absolute Gasteiger partial charge is 0.310 e. The number of carbonyl (C=O) groups excluding carboxylic acids is 1. The van der Waals surface area contributed by atoms with Crippen molar-refractivity contribution in [2.24, 2.45) is 0 Å². The number of rotatable bonds is 5. The number of para-hydroxylation sites is 1. The third kappa shape index (κ3) is 3.96. The Balaban J connectivity index is 1.91. The van der Waals surface area contributed by atoms with E-state index in [0.29, 0.717) is 10.9 Å². The molecule has 0 N–H and O–H groups in total. The molecule has 0 saturated carbocycles. The Morgan fingerprint density at radius 2 is 2.05 bits per heavy atom. The highest BCUT2D eigenvalue weighted by Crippen LogP contribution is 2.18. The lowest BCUT2D eigenvalue weighted by molar-refractivity contribution is -0.144. The molecule has 5 heteroatoms. The minimum Gasteiger partial charge on any atom is -0.496 e. The maximum atomic E-state index is 11.8. The number of hydrogen-bond donors (Lipinski definition) is 0. The van der Waals surface area contributed by atoms with Gasteiger partial charge in [0.15, 0.2) is 0 Å². The molecule has 0 bridgehead atoms. The van der Waals surface area contributed by atoms with Crippen molar-refractivity contribution in [1.82, 2.24) is 4.98 Å². The summed E-state index contributed by atoms with van der Waals surface area (Å²) in [6, 6.07) is 10.8. The first kappa shape index (κ1) is 14.3. The van der Waals surface area contributed by atoms with E-state index in [1.165, 1.54) is 0 Å². The lowest BCUT2D eigenvalue weighted by atomic mass is 10.1. The molecule has 0 atom stereocenters. The van der Waals surface area contributed by atoms with Gasteiger partial charge in [-0.15, -0.1) is 0 Å². The van der Waals surface area contributed by atoms with E-state index in [2.05, 4.69) is 4.98 Å². The van der Waals surface area contributed by atoms with Crippen molar-refractivity contribution in [2.45, 2.75) is 13.0 Å². The number of esters is 1. The molecule has 0 spiro atoms. The molecule has 1 aromatic carbocycles. The zero-order chi connectivity index (χ0) is 14.4. The van der Waals surface area contributed by atoms with Gasteiger partial charge in [0.1, 0.15) is 17.5 Å². The number of ether oxygens (including phenoxy) is 2. The average molecular weight is 292 g/mol. The number of methoxy groups -OCH3 is 1. The Hall–Kier alpha value is -2.07. The second-order valence-corrected chi connectivity index (χ2v) is 4.53. The second-order valence-electron chi connectivity index (χ2n) is 4.14. The molecule has 2 aromatic rings. The third-order valence-electron chi connectivity index (χ3n) is 2.72. The molecule has 1 heterocycles. The van der Waals surface area contributed by atoms with Crippen LogP contribution in [0.2, 0.25) is 5.15 Å². The van der Waals surface area contributed by atoms with E-state index in [4.69, 9.17) is 21.1 Å². The summed E-state index contributed by atoms with van der Waals surface area (Å²) in [5.41, 5.74) is 1.59. The Kier molecular flexibility index (Phi) is 4.96. The number of benzene rings is 1. The molecule has 4 nitrogen and oxygen atoms in total. The summed E-state index contributed by atoms with van der Waals surface area (Å²) in [4.78, 5) is 15.7. The zero-order valence-corrected chi connectivity index (χ0v) is 11.8. The Labute approximate surface area is 122 Å². The fourth-order valence-electron chi connectivity index (χ4n) is 1.71. The van der Waals surface area contributed by atoms with Crippen LogP contribution in [0.4, 0.5) is 0 Å². The topological polar surface area (TPSA) is 48.4 Å². The highest BCUT2D eigenvalue weighted by atomic mass is 35.5. The summed E-state index contributed by atoms with van der Waals surface area (Å²) < 4.78 is 10.4. The van der Waals surface area contributed by atoms with E-state index < -0.39 is 0 Å². The molecule has 0 aliphatic rings. The molecule has 1 aromatic heterocycles. The van der Waals surface area contributed by atoms with Crippen LogP contribution in [-0.2, 0) is 22.6 Å². The summed E-state index contributed by atoms with van der Waals surface area (Å²) in [6.45, 7) is 0.179. The Bertz CT molecular complexity index is 584. The van der Waals surface area contributed by atoms with Crippen LogP contribution < -0.4 is 4.74 Å². The lowest BCUT2D eigenvalue weighted by Gasteiger charge is -2.08. The van der Waals surface area contributed by atoms with E-state index in [9.17, 15) is 4.79 Å². The second kappa shape index (κ2) is 6.91. The maximum Gasteiger partial charge on any atom is 0.310 e. The molecule has 0 amide bonds. The number of pyridine rings is 1. The van der Waals surface area contributed by atoms with Crippen LogP contribution in [-0.4, -0.2) is 18.1 Å². The van der Waals surface area contributed by atoms with Gasteiger partial charge in [-0.1, -0.05) is 35.9 Å². The van der Waals surface area contributed by atoms with Gasteiger partial charge in [0, 0.05) is 17.3 Å². The molecular weight excluding hydrogens is 278 g/mol. The molecular formula is C15H14ClNO3. The van der Waals surface area contributed by atoms with Gasteiger partial charge in [0.25, 0.3) is 0 Å². The predicted octanol–water partition coefficient (Wildman–Crippen LogP) is 3.03. The number of halogens is 1. The lowest BCUT2D eigenvalue weighted by Crippen LogP contribution is -2.09. The van der Waals surface area contributed by atoms with Gasteiger partial charge < -0.3 is 9.47 Å². The van der Waals surface area contributed by atoms with Gasteiger partial charge in [-0.25, -0.2) is 4.98 Å². The average Bonchev–Trinajstić information content (AvgIpc) is 2.47. The summed E-state index contributed by atoms with van der Waals surface area (Å²) in [7, 11) is 1.57. The van der Waals surface area contributed by atoms with Crippen LogP contribution in [0.1, 0.15) is 11.1 Å². The van der Waals surface area contributed by atoms with Crippen LogP contribution in [0.25, 0.3) is 0 Å². The van der Waals surface area contributed by atoms with E-state index in [1.807, 2.05) is 24.3 Å². The van der Waals surface area contributed by atoms with Crippen molar-refractivity contribution in [3.63, 3.8) is 0 Å². The maximum absolute atomic E-state index is 11.8. The van der Waals surface area contributed by atoms with Gasteiger partial charge in [-0.3, -0.25) is 4.79 Å². The van der Waals surface area contributed by atoms with Crippen LogP contribution in [0.15, 0.2) is 42.6 Å². The van der Waals surface area contributed by atoms with Gasteiger partial charge in [0.2, 0.25) is 0 Å². The molecule has 0 aliphatic heterocycles. The van der Waals surface area contributed by atoms with Crippen molar-refractivity contribution < 1.29 is 14.3 Å². The normalized spacial score (nSPS) is 10.1. The van der Waals surface area contributed by atoms with E-state index >= 15 is 0 Å². The van der Waals surface area contributed by atoms with Gasteiger partial charge in [0.05, 0.1) is 13.5 Å². The van der Waals surface area contributed by atoms with Crippen LogP contribution in [0, 0.1) is 0 Å². The highest BCUT2D eigenvalue weighted by molar-refractivity contribution is 6.29. The number of nitrogens with zero attached hydrogens (tertiary/aromatic N) is 1.